The van der Waals surface area contributed by atoms with E-state index >= 15 is 0 Å². The third-order valence-electron chi connectivity index (χ3n) is 2.32. The Morgan fingerprint density at radius 1 is 1.25 bits per heavy atom. The van der Waals surface area contributed by atoms with Crippen LogP contribution in [0, 0.1) is 0 Å². The number of piperazine rings is 1. The van der Waals surface area contributed by atoms with E-state index in [9.17, 15) is 4.55 Å². The Bertz CT molecular complexity index is 142. The Hall–Kier alpha value is 0.230. The van der Waals surface area contributed by atoms with E-state index in [0.29, 0.717) is 12.1 Å². The number of nitrogens with zero attached hydrogens (tertiary/aromatic N) is 2. The summed E-state index contributed by atoms with van der Waals surface area (Å²) in [5.41, 5.74) is 0. The average molecular weight is 190 g/mol. The van der Waals surface area contributed by atoms with Gasteiger partial charge in [0.2, 0.25) is 0 Å². The van der Waals surface area contributed by atoms with E-state index in [0.717, 1.165) is 13.1 Å². The van der Waals surface area contributed by atoms with Crippen LogP contribution in [0.4, 0.5) is 0 Å². The summed E-state index contributed by atoms with van der Waals surface area (Å²) >= 11 is -0.820. The Kier molecular flexibility index (Phi) is 3.40. The minimum absolute atomic E-state index is 0.407. The van der Waals surface area contributed by atoms with Gasteiger partial charge in [-0.2, -0.15) is 0 Å². The normalized spacial score (nSPS) is 36.8. The topological polar surface area (TPSA) is 29.5 Å². The first-order valence-corrected chi connectivity index (χ1v) is 5.84. The van der Waals surface area contributed by atoms with Gasteiger partial charge in [0.05, 0.1) is 12.1 Å². The summed E-state index contributed by atoms with van der Waals surface area (Å²) in [4.78, 5) is 2.29. The Morgan fingerprint density at radius 2 is 1.67 bits per heavy atom. The largest absolute Gasteiger partial charge is 0.598 e. The standard InChI is InChI=1S/C8H18N2OS/c1-7-5-9(3)6-8(2)10(7)12(4)11/h7-8H,5-6H2,1-4H3/t7-,8-,12?/m1/s1. The van der Waals surface area contributed by atoms with Gasteiger partial charge in [-0.3, -0.25) is 0 Å². The molecule has 1 saturated heterocycles. The molecule has 0 bridgehead atoms. The third-order valence-corrected chi connectivity index (χ3v) is 3.63. The quantitative estimate of drug-likeness (QED) is 0.557. The van der Waals surface area contributed by atoms with Crippen molar-refractivity contribution >= 4 is 11.4 Å². The minimum Gasteiger partial charge on any atom is -0.598 e. The van der Waals surface area contributed by atoms with Gasteiger partial charge in [-0.15, -0.1) is 4.31 Å². The highest BCUT2D eigenvalue weighted by molar-refractivity contribution is 7.88. The highest BCUT2D eigenvalue weighted by atomic mass is 32.2. The SMILES string of the molecule is C[C@@H]1CN(C)C[C@@H](C)N1[S+](C)[O-]. The highest BCUT2D eigenvalue weighted by Crippen LogP contribution is 2.17. The second kappa shape index (κ2) is 3.96. The predicted octanol–water partition coefficient (Wildman–Crippen LogP) is 0.304. The molecular formula is C8H18N2OS. The molecule has 0 aromatic carbocycles. The molecule has 72 valence electrons. The van der Waals surface area contributed by atoms with Crippen molar-refractivity contribution in [3.63, 3.8) is 0 Å². The van der Waals surface area contributed by atoms with Gasteiger partial charge in [0.25, 0.3) is 0 Å². The summed E-state index contributed by atoms with van der Waals surface area (Å²) in [6.07, 6.45) is 1.76. The molecule has 1 aliphatic rings. The molecule has 0 saturated carbocycles. The van der Waals surface area contributed by atoms with Crippen molar-refractivity contribution < 1.29 is 4.55 Å². The van der Waals surface area contributed by atoms with Crippen LogP contribution in [0.1, 0.15) is 13.8 Å². The van der Waals surface area contributed by atoms with Gasteiger partial charge in [0, 0.05) is 24.5 Å². The molecule has 3 atom stereocenters. The zero-order valence-corrected chi connectivity index (χ0v) is 9.10. The van der Waals surface area contributed by atoms with Crippen molar-refractivity contribution in [3.8, 4) is 0 Å². The van der Waals surface area contributed by atoms with Gasteiger partial charge in [-0.05, 0) is 20.9 Å². The van der Waals surface area contributed by atoms with Crippen molar-refractivity contribution in [2.45, 2.75) is 25.9 Å². The lowest BCUT2D eigenvalue weighted by molar-refractivity contribution is 0.124. The van der Waals surface area contributed by atoms with E-state index in [2.05, 4.69) is 30.1 Å². The molecule has 1 fully saturated rings. The lowest BCUT2D eigenvalue weighted by Crippen LogP contribution is -2.57. The second-order valence-corrected chi connectivity index (χ2v) is 4.97. The Labute approximate surface area is 78.0 Å². The molecule has 3 nitrogen and oxygen atoms in total. The first-order valence-electron chi connectivity index (χ1n) is 4.32. The number of likely N-dealkylation sites (N-methyl/N-ethyl adjacent to an activating group) is 1. The summed E-state index contributed by atoms with van der Waals surface area (Å²) in [6.45, 7) is 6.30. The lowest BCUT2D eigenvalue weighted by atomic mass is 10.2. The summed E-state index contributed by atoms with van der Waals surface area (Å²) < 4.78 is 13.4. The van der Waals surface area contributed by atoms with Crippen molar-refractivity contribution in [3.05, 3.63) is 0 Å². The molecule has 0 spiro atoms. The number of hydrogen-bond donors (Lipinski definition) is 0. The molecule has 1 aliphatic heterocycles. The van der Waals surface area contributed by atoms with Gasteiger partial charge in [-0.1, -0.05) is 0 Å². The molecule has 0 aromatic heterocycles. The average Bonchev–Trinajstić information content (AvgIpc) is 1.82. The van der Waals surface area contributed by atoms with E-state index in [4.69, 9.17) is 0 Å². The van der Waals surface area contributed by atoms with E-state index in [1.165, 1.54) is 0 Å². The van der Waals surface area contributed by atoms with E-state index in [1.807, 2.05) is 0 Å². The fourth-order valence-electron chi connectivity index (χ4n) is 2.08. The fraction of sp³-hybridized carbons (Fsp3) is 1.00. The van der Waals surface area contributed by atoms with Gasteiger partial charge < -0.3 is 9.45 Å². The molecule has 0 radical (unpaired) electrons. The molecule has 1 rings (SSSR count). The minimum atomic E-state index is -0.820. The molecule has 1 unspecified atom stereocenters. The summed E-state index contributed by atoms with van der Waals surface area (Å²) in [5.74, 6) is 0. The fourth-order valence-corrected chi connectivity index (χ4v) is 3.23. The van der Waals surface area contributed by atoms with Crippen LogP contribution < -0.4 is 0 Å². The number of rotatable bonds is 1. The maximum absolute atomic E-state index is 11.3. The van der Waals surface area contributed by atoms with E-state index in [-0.39, 0.29) is 0 Å². The monoisotopic (exact) mass is 190 g/mol. The van der Waals surface area contributed by atoms with Gasteiger partial charge in [0.1, 0.15) is 6.26 Å². The van der Waals surface area contributed by atoms with Gasteiger partial charge >= 0.3 is 0 Å². The smallest absolute Gasteiger partial charge is 0.115 e. The van der Waals surface area contributed by atoms with E-state index < -0.39 is 11.4 Å². The maximum Gasteiger partial charge on any atom is 0.115 e. The van der Waals surface area contributed by atoms with Crippen LogP contribution in [0.2, 0.25) is 0 Å². The first kappa shape index (κ1) is 10.3. The molecule has 0 aromatic rings. The summed E-state index contributed by atoms with van der Waals surface area (Å²) in [5, 5.41) is 0. The van der Waals surface area contributed by atoms with Crippen LogP contribution in [0.3, 0.4) is 0 Å². The second-order valence-electron chi connectivity index (χ2n) is 3.70. The molecule has 0 N–H and O–H groups in total. The van der Waals surface area contributed by atoms with E-state index in [1.54, 1.807) is 6.26 Å². The molecule has 1 heterocycles. The lowest BCUT2D eigenvalue weighted by Gasteiger charge is -2.40. The van der Waals surface area contributed by atoms with Crippen molar-refractivity contribution in [1.29, 1.82) is 0 Å². The first-order chi connectivity index (χ1) is 5.52. The highest BCUT2D eigenvalue weighted by Gasteiger charge is 2.33. The predicted molar refractivity (Wildman–Crippen MR) is 52.3 cm³/mol. The molecule has 0 aliphatic carbocycles. The Balaban J connectivity index is 2.60. The van der Waals surface area contributed by atoms with Crippen LogP contribution in [0.25, 0.3) is 0 Å². The Morgan fingerprint density at radius 3 is 2.00 bits per heavy atom. The van der Waals surface area contributed by atoms with Crippen LogP contribution in [0.15, 0.2) is 0 Å². The van der Waals surface area contributed by atoms with Gasteiger partial charge in [-0.25, -0.2) is 0 Å². The van der Waals surface area contributed by atoms with Crippen LogP contribution in [0.5, 0.6) is 0 Å². The third kappa shape index (κ3) is 2.13. The zero-order valence-electron chi connectivity index (χ0n) is 8.28. The summed E-state index contributed by atoms with van der Waals surface area (Å²) in [6, 6.07) is 0.814. The van der Waals surface area contributed by atoms with Crippen LogP contribution in [-0.4, -0.2) is 52.2 Å². The molecular weight excluding hydrogens is 172 g/mol. The van der Waals surface area contributed by atoms with Crippen molar-refractivity contribution in [2.24, 2.45) is 0 Å². The molecule has 0 amide bonds. The summed E-state index contributed by atoms with van der Waals surface area (Å²) in [7, 11) is 2.11. The van der Waals surface area contributed by atoms with Crippen LogP contribution in [-0.2, 0) is 11.4 Å². The van der Waals surface area contributed by atoms with Crippen molar-refractivity contribution in [2.75, 3.05) is 26.4 Å². The zero-order chi connectivity index (χ0) is 9.30. The molecule has 12 heavy (non-hydrogen) atoms. The maximum atomic E-state index is 11.3. The van der Waals surface area contributed by atoms with Gasteiger partial charge in [0.15, 0.2) is 0 Å². The molecule has 4 heteroatoms. The van der Waals surface area contributed by atoms with Crippen LogP contribution >= 0.6 is 0 Å². The van der Waals surface area contributed by atoms with Crippen molar-refractivity contribution in [1.82, 2.24) is 9.21 Å². The number of hydrogen-bond acceptors (Lipinski definition) is 3.